The summed E-state index contributed by atoms with van der Waals surface area (Å²) in [5.41, 5.74) is 1.05. The van der Waals surface area contributed by atoms with Crippen LogP contribution in [-0.2, 0) is 0 Å². The first-order chi connectivity index (χ1) is 5.96. The summed E-state index contributed by atoms with van der Waals surface area (Å²) in [7, 11) is 0. The molecule has 0 aromatic carbocycles. The number of hydrogen-bond donors (Lipinski definition) is 0. The predicted molar refractivity (Wildman–Crippen MR) is 66.4 cm³/mol. The van der Waals surface area contributed by atoms with Gasteiger partial charge in [-0.2, -0.15) is 0 Å². The highest BCUT2D eigenvalue weighted by Crippen LogP contribution is 2.41. The molecule has 0 amide bonds. The summed E-state index contributed by atoms with van der Waals surface area (Å²) < 4.78 is 0. The molecule has 0 saturated carbocycles. The van der Waals surface area contributed by atoms with Gasteiger partial charge in [-0.1, -0.05) is 67.5 Å². The molecule has 0 aliphatic carbocycles. The predicted octanol–water partition coefficient (Wildman–Crippen LogP) is 5.05. The molecular weight excluding hydrogens is 168 g/mol. The molecule has 0 fully saturated rings. The van der Waals surface area contributed by atoms with E-state index in [1.807, 2.05) is 0 Å². The van der Waals surface area contributed by atoms with E-state index in [0.717, 1.165) is 6.42 Å². The van der Waals surface area contributed by atoms with Crippen molar-refractivity contribution in [3.63, 3.8) is 0 Å². The van der Waals surface area contributed by atoms with Crippen LogP contribution in [0.4, 0.5) is 0 Å². The molecule has 0 heterocycles. The lowest BCUT2D eigenvalue weighted by atomic mass is 9.67. The second-order valence-electron chi connectivity index (χ2n) is 7.11. The van der Waals surface area contributed by atoms with Gasteiger partial charge < -0.3 is 0 Å². The van der Waals surface area contributed by atoms with Crippen molar-refractivity contribution in [2.24, 2.45) is 16.2 Å². The minimum atomic E-state index is 0.313. The zero-order chi connectivity index (χ0) is 11.6. The van der Waals surface area contributed by atoms with Crippen LogP contribution in [0.3, 0.4) is 0 Å². The first-order valence-corrected chi connectivity index (χ1v) is 5.63. The number of allylic oxidation sites excluding steroid dienone is 2. The van der Waals surface area contributed by atoms with E-state index in [4.69, 9.17) is 0 Å². The highest BCUT2D eigenvalue weighted by atomic mass is 14.4. The van der Waals surface area contributed by atoms with Gasteiger partial charge in [0.05, 0.1) is 0 Å². The Bertz CT molecular complexity index is 193. The van der Waals surface area contributed by atoms with Gasteiger partial charge in [-0.05, 0) is 22.7 Å². The van der Waals surface area contributed by atoms with E-state index in [2.05, 4.69) is 67.5 Å². The molecule has 0 aromatic heterocycles. The lowest BCUT2D eigenvalue weighted by molar-refractivity contribution is 0.135. The van der Waals surface area contributed by atoms with E-state index in [1.165, 1.54) is 0 Å². The molecule has 0 aromatic rings. The summed E-state index contributed by atoms with van der Waals surface area (Å²) >= 11 is 0. The van der Waals surface area contributed by atoms with Crippen LogP contribution in [0.1, 0.15) is 61.8 Å². The summed E-state index contributed by atoms with van der Waals surface area (Å²) in [6.45, 7) is 18.4. The van der Waals surface area contributed by atoms with Gasteiger partial charge in [0.25, 0.3) is 0 Å². The van der Waals surface area contributed by atoms with Crippen LogP contribution in [0.25, 0.3) is 0 Å². The molecule has 0 heteroatoms. The van der Waals surface area contributed by atoms with E-state index in [1.54, 1.807) is 0 Å². The minimum absolute atomic E-state index is 0.313. The molecule has 0 N–H and O–H groups in total. The molecular formula is C14H28. The van der Waals surface area contributed by atoms with Gasteiger partial charge in [0.1, 0.15) is 0 Å². The standard InChI is InChI=1S/C14H28/c1-12(2,3)10-9-11-14(7,8)13(4,5)6/h9-10H,11H2,1-8H3. The smallest absolute Gasteiger partial charge is 0.0203 e. The second kappa shape index (κ2) is 4.08. The first-order valence-electron chi connectivity index (χ1n) is 5.63. The Morgan fingerprint density at radius 2 is 1.21 bits per heavy atom. The lowest BCUT2D eigenvalue weighted by Gasteiger charge is -2.38. The Hall–Kier alpha value is -0.260. The molecule has 0 spiro atoms. The summed E-state index contributed by atoms with van der Waals surface area (Å²) in [6, 6.07) is 0. The maximum atomic E-state index is 2.35. The lowest BCUT2D eigenvalue weighted by Crippen LogP contribution is -2.28. The zero-order valence-corrected chi connectivity index (χ0v) is 11.4. The Morgan fingerprint density at radius 3 is 1.50 bits per heavy atom. The van der Waals surface area contributed by atoms with Crippen LogP contribution in [0.2, 0.25) is 0 Å². The average Bonchev–Trinajstić information content (AvgIpc) is 1.80. The van der Waals surface area contributed by atoms with Crippen LogP contribution < -0.4 is 0 Å². The highest BCUT2D eigenvalue weighted by Gasteiger charge is 2.31. The molecule has 0 radical (unpaired) electrons. The molecule has 14 heavy (non-hydrogen) atoms. The summed E-state index contributed by atoms with van der Waals surface area (Å²) in [5, 5.41) is 0. The second-order valence-corrected chi connectivity index (χ2v) is 7.11. The van der Waals surface area contributed by atoms with Crippen molar-refractivity contribution >= 4 is 0 Å². The van der Waals surface area contributed by atoms with E-state index < -0.39 is 0 Å². The Morgan fingerprint density at radius 1 is 0.786 bits per heavy atom. The van der Waals surface area contributed by atoms with Gasteiger partial charge in [0.15, 0.2) is 0 Å². The maximum absolute atomic E-state index is 2.35. The molecule has 0 aliphatic heterocycles. The highest BCUT2D eigenvalue weighted by molar-refractivity contribution is 4.97. The van der Waals surface area contributed by atoms with E-state index in [-0.39, 0.29) is 0 Å². The molecule has 0 saturated heterocycles. The van der Waals surface area contributed by atoms with E-state index in [0.29, 0.717) is 16.2 Å². The number of rotatable bonds is 2. The average molecular weight is 196 g/mol. The van der Waals surface area contributed by atoms with Gasteiger partial charge in [0.2, 0.25) is 0 Å². The summed E-state index contributed by atoms with van der Waals surface area (Å²) in [5.74, 6) is 0. The van der Waals surface area contributed by atoms with Crippen molar-refractivity contribution in [2.45, 2.75) is 61.8 Å². The third-order valence-electron chi connectivity index (χ3n) is 3.28. The van der Waals surface area contributed by atoms with E-state index >= 15 is 0 Å². The van der Waals surface area contributed by atoms with Crippen molar-refractivity contribution in [1.82, 2.24) is 0 Å². The van der Waals surface area contributed by atoms with Crippen LogP contribution in [-0.4, -0.2) is 0 Å². The maximum Gasteiger partial charge on any atom is -0.0203 e. The third-order valence-corrected chi connectivity index (χ3v) is 3.28. The van der Waals surface area contributed by atoms with Gasteiger partial charge in [-0.15, -0.1) is 0 Å². The van der Waals surface area contributed by atoms with Crippen molar-refractivity contribution in [3.05, 3.63) is 12.2 Å². The Balaban J connectivity index is 4.34. The number of hydrogen-bond acceptors (Lipinski definition) is 0. The summed E-state index contributed by atoms with van der Waals surface area (Å²) in [4.78, 5) is 0. The monoisotopic (exact) mass is 196 g/mol. The fraction of sp³-hybridized carbons (Fsp3) is 0.857. The van der Waals surface area contributed by atoms with Crippen LogP contribution in [0, 0.1) is 16.2 Å². The van der Waals surface area contributed by atoms with Gasteiger partial charge >= 0.3 is 0 Å². The molecule has 84 valence electrons. The third kappa shape index (κ3) is 4.83. The van der Waals surface area contributed by atoms with Crippen LogP contribution >= 0.6 is 0 Å². The largest absolute Gasteiger partial charge is 0.0875 e. The normalized spacial score (nSPS) is 15.1. The van der Waals surface area contributed by atoms with E-state index in [9.17, 15) is 0 Å². The SMILES string of the molecule is CC(C)(C)C=CCC(C)(C)C(C)(C)C. The van der Waals surface area contributed by atoms with Gasteiger partial charge in [0, 0.05) is 0 Å². The molecule has 0 aliphatic rings. The van der Waals surface area contributed by atoms with Crippen molar-refractivity contribution < 1.29 is 0 Å². The molecule has 0 atom stereocenters. The quantitative estimate of drug-likeness (QED) is 0.542. The van der Waals surface area contributed by atoms with Gasteiger partial charge in [-0.3, -0.25) is 0 Å². The van der Waals surface area contributed by atoms with Gasteiger partial charge in [-0.25, -0.2) is 0 Å². The Labute approximate surface area is 90.8 Å². The molecule has 0 nitrogen and oxygen atoms in total. The van der Waals surface area contributed by atoms with Crippen LogP contribution in [0.15, 0.2) is 12.2 Å². The Kier molecular flexibility index (Phi) is 4.01. The van der Waals surface area contributed by atoms with Crippen molar-refractivity contribution in [1.29, 1.82) is 0 Å². The first kappa shape index (κ1) is 13.7. The topological polar surface area (TPSA) is 0 Å². The van der Waals surface area contributed by atoms with Crippen LogP contribution in [0.5, 0.6) is 0 Å². The van der Waals surface area contributed by atoms with Crippen molar-refractivity contribution in [3.8, 4) is 0 Å². The fourth-order valence-corrected chi connectivity index (χ4v) is 1.01. The fourth-order valence-electron chi connectivity index (χ4n) is 1.01. The zero-order valence-electron chi connectivity index (χ0n) is 11.4. The summed E-state index contributed by atoms with van der Waals surface area (Å²) in [6.07, 6.45) is 5.82. The van der Waals surface area contributed by atoms with Crippen molar-refractivity contribution in [2.75, 3.05) is 0 Å². The minimum Gasteiger partial charge on any atom is -0.0875 e. The molecule has 0 unspecified atom stereocenters. The molecule has 0 bridgehead atoms. The molecule has 0 rings (SSSR count).